The van der Waals surface area contributed by atoms with Crippen LogP contribution in [-0.2, 0) is 4.79 Å². The summed E-state index contributed by atoms with van der Waals surface area (Å²) in [7, 11) is 3.26. The number of ether oxygens (including phenoxy) is 2. The van der Waals surface area contributed by atoms with Crippen molar-refractivity contribution in [2.24, 2.45) is 0 Å². The number of carbonyl (C=O) groups is 1. The highest BCUT2D eigenvalue weighted by Crippen LogP contribution is 2.41. The molecule has 5 nitrogen and oxygen atoms in total. The number of carbonyl (C=O) groups excluding carboxylic acids is 1. The number of H-pyrrole nitrogens is 1. The number of benzene rings is 2. The summed E-state index contributed by atoms with van der Waals surface area (Å²) in [4.78, 5) is 16.0. The summed E-state index contributed by atoms with van der Waals surface area (Å²) in [5.41, 5.74) is 3.07. The number of amides is 1. The number of para-hydroxylation sites is 2. The van der Waals surface area contributed by atoms with Crippen LogP contribution < -0.4 is 14.8 Å². The maximum absolute atomic E-state index is 12.7. The van der Waals surface area contributed by atoms with Gasteiger partial charge in [0.05, 0.1) is 14.2 Å². The first-order valence-corrected chi connectivity index (χ1v) is 9.73. The number of methoxy groups -OCH3 is 2. The number of aromatic amines is 1. The molecule has 1 unspecified atom stereocenters. The molecule has 0 aliphatic heterocycles. The molecular weight excluding hydrogens is 352 g/mol. The summed E-state index contributed by atoms with van der Waals surface area (Å²) >= 11 is 0. The van der Waals surface area contributed by atoms with E-state index in [0.717, 1.165) is 34.9 Å². The van der Waals surface area contributed by atoms with Gasteiger partial charge >= 0.3 is 0 Å². The molecule has 1 atom stereocenters. The lowest BCUT2D eigenvalue weighted by Crippen LogP contribution is -2.26. The molecule has 0 saturated carbocycles. The van der Waals surface area contributed by atoms with E-state index in [-0.39, 0.29) is 11.8 Å². The average Bonchev–Trinajstić information content (AvgIpc) is 3.15. The average molecular weight is 380 g/mol. The molecule has 0 saturated heterocycles. The zero-order valence-electron chi connectivity index (χ0n) is 16.7. The number of rotatable bonds is 9. The Kier molecular flexibility index (Phi) is 6.58. The molecule has 1 aromatic heterocycles. The van der Waals surface area contributed by atoms with E-state index in [1.165, 1.54) is 0 Å². The summed E-state index contributed by atoms with van der Waals surface area (Å²) in [6.07, 6.45) is 4.37. The maximum Gasteiger partial charge on any atom is 0.220 e. The number of hydrogen-bond acceptors (Lipinski definition) is 3. The lowest BCUT2D eigenvalue weighted by atomic mass is 9.87. The number of hydrogen-bond donors (Lipinski definition) is 2. The van der Waals surface area contributed by atoms with Gasteiger partial charge in [0.2, 0.25) is 5.91 Å². The predicted molar refractivity (Wildman–Crippen MR) is 112 cm³/mol. The van der Waals surface area contributed by atoms with E-state index in [2.05, 4.69) is 23.3 Å². The van der Waals surface area contributed by atoms with E-state index in [0.29, 0.717) is 24.5 Å². The van der Waals surface area contributed by atoms with Crippen LogP contribution >= 0.6 is 0 Å². The van der Waals surface area contributed by atoms with Crippen LogP contribution in [0.2, 0.25) is 0 Å². The highest BCUT2D eigenvalue weighted by Gasteiger charge is 2.25. The molecule has 2 aromatic carbocycles. The first kappa shape index (κ1) is 19.8. The molecule has 3 rings (SSSR count). The predicted octanol–water partition coefficient (Wildman–Crippen LogP) is 4.62. The Bertz CT molecular complexity index is 932. The van der Waals surface area contributed by atoms with Gasteiger partial charge in [-0.1, -0.05) is 43.7 Å². The SMILES string of the molecule is CCCCNC(=O)CC(c1cccc(OC)c1OC)c1c[nH]c2ccccc12. The molecule has 3 aromatic rings. The zero-order chi connectivity index (χ0) is 19.9. The van der Waals surface area contributed by atoms with Gasteiger partial charge < -0.3 is 19.8 Å². The van der Waals surface area contributed by atoms with Crippen LogP contribution in [0.3, 0.4) is 0 Å². The topological polar surface area (TPSA) is 63.4 Å². The van der Waals surface area contributed by atoms with Crippen molar-refractivity contribution in [2.75, 3.05) is 20.8 Å². The van der Waals surface area contributed by atoms with Crippen molar-refractivity contribution in [3.8, 4) is 11.5 Å². The van der Waals surface area contributed by atoms with Crippen LogP contribution in [0.15, 0.2) is 48.7 Å². The molecule has 0 spiro atoms. The highest BCUT2D eigenvalue weighted by atomic mass is 16.5. The van der Waals surface area contributed by atoms with Gasteiger partial charge in [0, 0.05) is 41.5 Å². The van der Waals surface area contributed by atoms with Gasteiger partial charge in [-0.3, -0.25) is 4.79 Å². The second-order valence-electron chi connectivity index (χ2n) is 6.83. The van der Waals surface area contributed by atoms with Gasteiger partial charge in [-0.15, -0.1) is 0 Å². The normalized spacial score (nSPS) is 12.0. The Balaban J connectivity index is 2.04. The van der Waals surface area contributed by atoms with Gasteiger partial charge in [-0.25, -0.2) is 0 Å². The Labute approximate surface area is 166 Å². The van der Waals surface area contributed by atoms with Gasteiger partial charge in [-0.05, 0) is 24.1 Å². The second kappa shape index (κ2) is 9.31. The number of nitrogens with one attached hydrogen (secondary N) is 2. The summed E-state index contributed by atoms with van der Waals surface area (Å²) in [5, 5.41) is 4.15. The number of aromatic nitrogens is 1. The van der Waals surface area contributed by atoms with Crippen LogP contribution in [0.25, 0.3) is 10.9 Å². The third-order valence-corrected chi connectivity index (χ3v) is 5.05. The van der Waals surface area contributed by atoms with Gasteiger partial charge in [0.1, 0.15) is 0 Å². The standard InChI is InChI=1S/C23H28N2O3/c1-4-5-13-24-22(26)14-18(17-10-8-12-21(27-2)23(17)28-3)19-15-25-20-11-7-6-9-16(19)20/h6-12,15,18,25H,4-5,13-14H2,1-3H3,(H,24,26). The van der Waals surface area contributed by atoms with E-state index >= 15 is 0 Å². The van der Waals surface area contributed by atoms with Crippen LogP contribution in [0, 0.1) is 0 Å². The summed E-state index contributed by atoms with van der Waals surface area (Å²) < 4.78 is 11.2. The van der Waals surface area contributed by atoms with E-state index < -0.39 is 0 Å². The van der Waals surface area contributed by atoms with Crippen LogP contribution in [0.4, 0.5) is 0 Å². The summed E-state index contributed by atoms with van der Waals surface area (Å²) in [6.45, 7) is 2.81. The third-order valence-electron chi connectivity index (χ3n) is 5.05. The monoisotopic (exact) mass is 380 g/mol. The van der Waals surface area contributed by atoms with Crippen molar-refractivity contribution in [3.05, 3.63) is 59.8 Å². The minimum atomic E-state index is -0.150. The molecule has 148 valence electrons. The van der Waals surface area contributed by atoms with Crippen molar-refractivity contribution in [2.45, 2.75) is 32.1 Å². The Morgan fingerprint density at radius 1 is 1.07 bits per heavy atom. The zero-order valence-corrected chi connectivity index (χ0v) is 16.7. The van der Waals surface area contributed by atoms with Gasteiger partial charge in [0.15, 0.2) is 11.5 Å². The second-order valence-corrected chi connectivity index (χ2v) is 6.83. The quantitative estimate of drug-likeness (QED) is 0.532. The van der Waals surface area contributed by atoms with Crippen molar-refractivity contribution >= 4 is 16.8 Å². The molecule has 0 aliphatic rings. The number of unbranched alkanes of at least 4 members (excludes halogenated alkanes) is 1. The number of fused-ring (bicyclic) bond motifs is 1. The van der Waals surface area contributed by atoms with Crippen LogP contribution in [0.1, 0.15) is 43.2 Å². The fourth-order valence-electron chi connectivity index (χ4n) is 3.62. The third kappa shape index (κ3) is 4.14. The lowest BCUT2D eigenvalue weighted by Gasteiger charge is -2.21. The fraction of sp³-hybridized carbons (Fsp3) is 0.348. The first-order chi connectivity index (χ1) is 13.7. The molecule has 0 aliphatic carbocycles. The van der Waals surface area contributed by atoms with E-state index in [9.17, 15) is 4.79 Å². The minimum Gasteiger partial charge on any atom is -0.493 e. The largest absolute Gasteiger partial charge is 0.493 e. The van der Waals surface area contributed by atoms with Crippen molar-refractivity contribution < 1.29 is 14.3 Å². The van der Waals surface area contributed by atoms with Gasteiger partial charge in [0.25, 0.3) is 0 Å². The Morgan fingerprint density at radius 2 is 1.89 bits per heavy atom. The molecule has 0 fully saturated rings. The Morgan fingerprint density at radius 3 is 2.64 bits per heavy atom. The molecule has 1 amide bonds. The van der Waals surface area contributed by atoms with Crippen molar-refractivity contribution in [1.82, 2.24) is 10.3 Å². The Hall–Kier alpha value is -2.95. The van der Waals surface area contributed by atoms with Crippen LogP contribution in [-0.4, -0.2) is 31.7 Å². The van der Waals surface area contributed by atoms with Gasteiger partial charge in [-0.2, -0.15) is 0 Å². The minimum absolute atomic E-state index is 0.0357. The van der Waals surface area contributed by atoms with Crippen LogP contribution in [0.5, 0.6) is 11.5 Å². The lowest BCUT2D eigenvalue weighted by molar-refractivity contribution is -0.121. The molecule has 28 heavy (non-hydrogen) atoms. The first-order valence-electron chi connectivity index (χ1n) is 9.73. The molecular formula is C23H28N2O3. The maximum atomic E-state index is 12.7. The van der Waals surface area contributed by atoms with Crippen molar-refractivity contribution in [3.63, 3.8) is 0 Å². The molecule has 0 radical (unpaired) electrons. The smallest absolute Gasteiger partial charge is 0.220 e. The fourth-order valence-corrected chi connectivity index (χ4v) is 3.62. The highest BCUT2D eigenvalue weighted by molar-refractivity contribution is 5.86. The summed E-state index contributed by atoms with van der Waals surface area (Å²) in [5.74, 6) is 1.22. The molecule has 1 heterocycles. The molecule has 2 N–H and O–H groups in total. The molecule has 5 heteroatoms. The van der Waals surface area contributed by atoms with E-state index in [4.69, 9.17) is 9.47 Å². The van der Waals surface area contributed by atoms with Crippen molar-refractivity contribution in [1.29, 1.82) is 0 Å². The molecule has 0 bridgehead atoms. The van der Waals surface area contributed by atoms with E-state index in [1.54, 1.807) is 14.2 Å². The summed E-state index contributed by atoms with van der Waals surface area (Å²) in [6, 6.07) is 14.0. The van der Waals surface area contributed by atoms with E-state index in [1.807, 2.05) is 42.6 Å².